The molecule has 3 aromatic carbocycles. The Morgan fingerprint density at radius 3 is 1.96 bits per heavy atom. The third-order valence-electron chi connectivity index (χ3n) is 5.16. The lowest BCUT2D eigenvalue weighted by Gasteiger charge is -2.32. The summed E-state index contributed by atoms with van der Waals surface area (Å²) in [5.74, 6) is -0.569. The molecule has 0 heterocycles. The molecule has 0 aliphatic heterocycles. The molecule has 1 fully saturated rings. The summed E-state index contributed by atoms with van der Waals surface area (Å²) in [6.45, 7) is 0. The van der Waals surface area contributed by atoms with Crippen LogP contribution in [0.4, 0.5) is 5.69 Å². The maximum atomic E-state index is 11.1. The average Bonchev–Trinajstić information content (AvgIpc) is 2.66. The molecule has 134 valence electrons. The first kappa shape index (κ1) is 17.2. The minimum Gasteiger partial charge on any atom is -0.481 e. The van der Waals surface area contributed by atoms with Crippen LogP contribution < -0.4 is 0 Å². The Morgan fingerprint density at radius 1 is 0.815 bits per heavy atom. The van der Waals surface area contributed by atoms with Gasteiger partial charge in [0.1, 0.15) is 0 Å². The summed E-state index contributed by atoms with van der Waals surface area (Å²) in [5, 5.41) is 9.10. The predicted octanol–water partition coefficient (Wildman–Crippen LogP) is 5.43. The minimum atomic E-state index is -0.684. The van der Waals surface area contributed by atoms with E-state index in [2.05, 4.69) is 36.4 Å². The summed E-state index contributed by atoms with van der Waals surface area (Å²) in [4.78, 5) is 16.0. The Hall–Kier alpha value is -3.20. The summed E-state index contributed by atoms with van der Waals surface area (Å²) in [6, 6.07) is 28.5. The van der Waals surface area contributed by atoms with Gasteiger partial charge in [0.2, 0.25) is 0 Å². The number of aliphatic carboxylic acids is 1. The van der Waals surface area contributed by atoms with E-state index in [1.54, 1.807) is 0 Å². The monoisotopic (exact) mass is 355 g/mol. The van der Waals surface area contributed by atoms with Gasteiger partial charge in [0.05, 0.1) is 17.3 Å². The highest BCUT2D eigenvalue weighted by Gasteiger charge is 2.35. The highest BCUT2D eigenvalue weighted by molar-refractivity contribution is 6.13. The van der Waals surface area contributed by atoms with Gasteiger partial charge in [-0.3, -0.25) is 4.79 Å². The van der Waals surface area contributed by atoms with Crippen LogP contribution in [-0.4, -0.2) is 16.8 Å². The van der Waals surface area contributed by atoms with E-state index in [1.165, 1.54) is 5.56 Å². The second-order valence-electron chi connectivity index (χ2n) is 6.99. The van der Waals surface area contributed by atoms with Crippen molar-refractivity contribution in [3.8, 4) is 0 Å². The van der Waals surface area contributed by atoms with Crippen molar-refractivity contribution in [3.05, 3.63) is 102 Å². The molecule has 0 spiro atoms. The van der Waals surface area contributed by atoms with Crippen molar-refractivity contribution in [1.29, 1.82) is 0 Å². The van der Waals surface area contributed by atoms with Gasteiger partial charge in [-0.05, 0) is 36.5 Å². The number of benzene rings is 3. The standard InChI is InChI=1S/C24H21NO2/c26-24(27)21-14-20(15-21)19-12-7-13-22(16-19)25-23(17-8-3-1-4-9-17)18-10-5-2-6-11-18/h1-13,16,20-21H,14-15H2,(H,26,27). The van der Waals surface area contributed by atoms with E-state index in [0.717, 1.165) is 22.5 Å². The first-order valence-electron chi connectivity index (χ1n) is 9.23. The Bertz CT molecular complexity index is 916. The number of hydrogen-bond acceptors (Lipinski definition) is 2. The summed E-state index contributed by atoms with van der Waals surface area (Å²) >= 11 is 0. The second kappa shape index (κ2) is 7.58. The lowest BCUT2D eigenvalue weighted by atomic mass is 9.71. The van der Waals surface area contributed by atoms with Gasteiger partial charge < -0.3 is 5.11 Å². The van der Waals surface area contributed by atoms with Crippen molar-refractivity contribution in [2.45, 2.75) is 18.8 Å². The maximum absolute atomic E-state index is 11.1. The Kier molecular flexibility index (Phi) is 4.84. The average molecular weight is 355 g/mol. The number of rotatable bonds is 5. The lowest BCUT2D eigenvalue weighted by Crippen LogP contribution is -2.28. The first-order chi connectivity index (χ1) is 13.2. The highest BCUT2D eigenvalue weighted by Crippen LogP contribution is 2.42. The summed E-state index contributed by atoms with van der Waals surface area (Å²) in [6.07, 6.45) is 1.43. The van der Waals surface area contributed by atoms with Crippen molar-refractivity contribution < 1.29 is 9.90 Å². The molecule has 4 rings (SSSR count). The molecular formula is C24H21NO2. The number of nitrogens with zero attached hydrogens (tertiary/aromatic N) is 1. The van der Waals surface area contributed by atoms with Crippen molar-refractivity contribution in [3.63, 3.8) is 0 Å². The molecule has 0 atom stereocenters. The van der Waals surface area contributed by atoms with E-state index in [1.807, 2.05) is 48.5 Å². The number of aliphatic imine (C=N–C) groups is 1. The molecule has 0 saturated heterocycles. The van der Waals surface area contributed by atoms with E-state index in [4.69, 9.17) is 10.1 Å². The van der Waals surface area contributed by atoms with Crippen LogP contribution in [0.5, 0.6) is 0 Å². The largest absolute Gasteiger partial charge is 0.481 e. The maximum Gasteiger partial charge on any atom is 0.306 e. The highest BCUT2D eigenvalue weighted by atomic mass is 16.4. The van der Waals surface area contributed by atoms with Crippen LogP contribution in [0.15, 0.2) is 89.9 Å². The van der Waals surface area contributed by atoms with Crippen LogP contribution in [0.25, 0.3) is 0 Å². The molecule has 0 bridgehead atoms. The molecule has 0 radical (unpaired) electrons. The van der Waals surface area contributed by atoms with Gasteiger partial charge in [-0.25, -0.2) is 4.99 Å². The number of carbonyl (C=O) groups is 1. The summed E-state index contributed by atoms with van der Waals surface area (Å²) in [5.41, 5.74) is 5.15. The molecule has 1 aliphatic carbocycles. The van der Waals surface area contributed by atoms with E-state index >= 15 is 0 Å². The molecule has 0 amide bonds. The van der Waals surface area contributed by atoms with Gasteiger partial charge in [-0.15, -0.1) is 0 Å². The van der Waals surface area contributed by atoms with Gasteiger partial charge in [0, 0.05) is 11.1 Å². The fourth-order valence-corrected chi connectivity index (χ4v) is 3.56. The molecule has 1 aliphatic rings. The lowest BCUT2D eigenvalue weighted by molar-refractivity contribution is -0.145. The van der Waals surface area contributed by atoms with Crippen LogP contribution in [0.2, 0.25) is 0 Å². The van der Waals surface area contributed by atoms with Gasteiger partial charge in [0.15, 0.2) is 0 Å². The van der Waals surface area contributed by atoms with Crippen LogP contribution in [-0.2, 0) is 4.79 Å². The molecule has 0 aromatic heterocycles. The van der Waals surface area contributed by atoms with Crippen molar-refractivity contribution in [2.24, 2.45) is 10.9 Å². The molecule has 1 saturated carbocycles. The molecule has 1 N–H and O–H groups in total. The molecule has 27 heavy (non-hydrogen) atoms. The fourth-order valence-electron chi connectivity index (χ4n) is 3.56. The normalized spacial score (nSPS) is 18.4. The van der Waals surface area contributed by atoms with E-state index in [9.17, 15) is 4.79 Å². The zero-order chi connectivity index (χ0) is 18.6. The predicted molar refractivity (Wildman–Crippen MR) is 108 cm³/mol. The molecule has 3 nitrogen and oxygen atoms in total. The van der Waals surface area contributed by atoms with Crippen LogP contribution in [0, 0.1) is 5.92 Å². The summed E-state index contributed by atoms with van der Waals surface area (Å²) in [7, 11) is 0. The Labute approximate surface area is 159 Å². The number of carboxylic acids is 1. The van der Waals surface area contributed by atoms with Gasteiger partial charge in [-0.2, -0.15) is 0 Å². The van der Waals surface area contributed by atoms with Crippen molar-refractivity contribution in [2.75, 3.05) is 0 Å². The molecule has 0 unspecified atom stereocenters. The SMILES string of the molecule is O=C(O)C1CC(c2cccc(N=C(c3ccccc3)c3ccccc3)c2)C1. The summed E-state index contributed by atoms with van der Waals surface area (Å²) < 4.78 is 0. The van der Waals surface area contributed by atoms with E-state index in [-0.39, 0.29) is 5.92 Å². The van der Waals surface area contributed by atoms with Gasteiger partial charge >= 0.3 is 5.97 Å². The van der Waals surface area contributed by atoms with Crippen LogP contribution in [0.1, 0.15) is 35.4 Å². The second-order valence-corrected chi connectivity index (χ2v) is 6.99. The van der Waals surface area contributed by atoms with Gasteiger partial charge in [-0.1, -0.05) is 72.8 Å². The van der Waals surface area contributed by atoms with E-state index < -0.39 is 5.97 Å². The topological polar surface area (TPSA) is 49.7 Å². The third-order valence-corrected chi connectivity index (χ3v) is 5.16. The van der Waals surface area contributed by atoms with E-state index in [0.29, 0.717) is 18.8 Å². The zero-order valence-electron chi connectivity index (χ0n) is 15.0. The Morgan fingerprint density at radius 2 is 1.41 bits per heavy atom. The molecule has 3 heteroatoms. The van der Waals surface area contributed by atoms with Crippen LogP contribution >= 0.6 is 0 Å². The molecular weight excluding hydrogens is 334 g/mol. The first-order valence-corrected chi connectivity index (χ1v) is 9.23. The van der Waals surface area contributed by atoms with Crippen molar-refractivity contribution in [1.82, 2.24) is 0 Å². The smallest absolute Gasteiger partial charge is 0.306 e. The van der Waals surface area contributed by atoms with Crippen LogP contribution in [0.3, 0.4) is 0 Å². The number of carboxylic acid groups (broad SMARTS) is 1. The number of hydrogen-bond donors (Lipinski definition) is 1. The quantitative estimate of drug-likeness (QED) is 0.620. The molecule has 3 aromatic rings. The van der Waals surface area contributed by atoms with Crippen molar-refractivity contribution >= 4 is 17.4 Å². The minimum absolute atomic E-state index is 0.202. The third kappa shape index (κ3) is 3.82. The zero-order valence-corrected chi connectivity index (χ0v) is 15.0. The van der Waals surface area contributed by atoms with Gasteiger partial charge in [0.25, 0.3) is 0 Å². The Balaban J connectivity index is 1.67. The fraction of sp³-hybridized carbons (Fsp3) is 0.167.